The minimum Gasteiger partial charge on any atom is -0.381 e. The highest BCUT2D eigenvalue weighted by Gasteiger charge is 1.98. The van der Waals surface area contributed by atoms with Crippen molar-refractivity contribution in [1.29, 1.82) is 0 Å². The number of hydrogen-bond acceptors (Lipinski definition) is 2. The van der Waals surface area contributed by atoms with E-state index in [0.29, 0.717) is 6.61 Å². The van der Waals surface area contributed by atoms with Crippen LogP contribution < -0.4 is 0 Å². The maximum absolute atomic E-state index is 5.12. The van der Waals surface area contributed by atoms with E-state index in [-0.39, 0.29) is 6.10 Å². The fraction of sp³-hybridized carbons (Fsp3) is 0.600. The van der Waals surface area contributed by atoms with E-state index in [4.69, 9.17) is 9.47 Å². The maximum atomic E-state index is 5.12. The first kappa shape index (κ1) is 12.9. The van der Waals surface area contributed by atoms with Gasteiger partial charge in [0.1, 0.15) is 0 Å². The molecule has 0 aromatic rings. The van der Waals surface area contributed by atoms with E-state index in [2.05, 4.69) is 22.0 Å². The van der Waals surface area contributed by atoms with Crippen LogP contribution in [0.1, 0.15) is 13.8 Å². The molecular formula is C10H17BrO2. The summed E-state index contributed by atoms with van der Waals surface area (Å²) >= 11 is 3.46. The smallest absolute Gasteiger partial charge is 0.0729 e. The number of hydrogen-bond donors (Lipinski definition) is 0. The summed E-state index contributed by atoms with van der Waals surface area (Å²) < 4.78 is 11.1. The molecule has 1 atom stereocenters. The molecule has 76 valence electrons. The van der Waals surface area contributed by atoms with E-state index in [9.17, 15) is 0 Å². The second kappa shape index (κ2) is 7.30. The number of allylic oxidation sites excluding steroid dienone is 2. The molecule has 3 heteroatoms. The zero-order valence-corrected chi connectivity index (χ0v) is 10.2. The average molecular weight is 249 g/mol. The molecule has 0 bridgehead atoms. The second-order valence-corrected chi connectivity index (χ2v) is 3.65. The van der Waals surface area contributed by atoms with Crippen molar-refractivity contribution in [2.45, 2.75) is 20.0 Å². The standard InChI is InChI=1S/C10H17BrO2/c1-8(7-9(2)13-4)10(11)5-6-12-3/h5,7,9H,6H2,1-4H3/b8-7-,10-5+. The Balaban J connectivity index is 4.22. The molecule has 0 radical (unpaired) electrons. The van der Waals surface area contributed by atoms with Gasteiger partial charge in [0.2, 0.25) is 0 Å². The first-order valence-corrected chi connectivity index (χ1v) is 4.97. The van der Waals surface area contributed by atoms with Crippen molar-refractivity contribution >= 4 is 15.9 Å². The molecule has 0 amide bonds. The van der Waals surface area contributed by atoms with E-state index < -0.39 is 0 Å². The van der Waals surface area contributed by atoms with Crippen molar-refractivity contribution in [3.8, 4) is 0 Å². The van der Waals surface area contributed by atoms with Gasteiger partial charge in [-0.3, -0.25) is 0 Å². The highest BCUT2D eigenvalue weighted by Crippen LogP contribution is 2.17. The largest absolute Gasteiger partial charge is 0.381 e. The monoisotopic (exact) mass is 248 g/mol. The van der Waals surface area contributed by atoms with Crippen molar-refractivity contribution in [2.24, 2.45) is 0 Å². The Labute approximate surface area is 88.7 Å². The highest BCUT2D eigenvalue weighted by molar-refractivity contribution is 9.12. The summed E-state index contributed by atoms with van der Waals surface area (Å²) in [4.78, 5) is 0. The van der Waals surface area contributed by atoms with Gasteiger partial charge in [-0.05, 0) is 25.5 Å². The van der Waals surface area contributed by atoms with Gasteiger partial charge in [0.15, 0.2) is 0 Å². The van der Waals surface area contributed by atoms with Crippen molar-refractivity contribution in [2.75, 3.05) is 20.8 Å². The van der Waals surface area contributed by atoms with Crippen LogP contribution in [0.2, 0.25) is 0 Å². The molecule has 0 saturated carbocycles. The molecule has 0 rings (SSSR count). The van der Waals surface area contributed by atoms with Crippen LogP contribution in [0.3, 0.4) is 0 Å². The molecule has 0 N–H and O–H groups in total. The van der Waals surface area contributed by atoms with Crippen LogP contribution in [0, 0.1) is 0 Å². The van der Waals surface area contributed by atoms with E-state index in [0.717, 1.165) is 10.1 Å². The molecule has 0 aromatic carbocycles. The minimum atomic E-state index is 0.142. The third-order valence-electron chi connectivity index (χ3n) is 1.66. The summed E-state index contributed by atoms with van der Waals surface area (Å²) in [5.74, 6) is 0. The molecule has 0 saturated heterocycles. The molecule has 0 heterocycles. The van der Waals surface area contributed by atoms with Gasteiger partial charge < -0.3 is 9.47 Å². The lowest BCUT2D eigenvalue weighted by Crippen LogP contribution is -2.00. The van der Waals surface area contributed by atoms with Gasteiger partial charge in [-0.1, -0.05) is 22.0 Å². The highest BCUT2D eigenvalue weighted by atomic mass is 79.9. The molecule has 13 heavy (non-hydrogen) atoms. The summed E-state index contributed by atoms with van der Waals surface area (Å²) in [6, 6.07) is 0. The third-order valence-corrected chi connectivity index (χ3v) is 2.61. The van der Waals surface area contributed by atoms with E-state index in [1.54, 1.807) is 14.2 Å². The van der Waals surface area contributed by atoms with Gasteiger partial charge in [0.25, 0.3) is 0 Å². The molecular weight excluding hydrogens is 232 g/mol. The molecule has 1 unspecified atom stereocenters. The Hall–Kier alpha value is -0.120. The molecule has 0 aliphatic rings. The predicted molar refractivity (Wildman–Crippen MR) is 59.1 cm³/mol. The van der Waals surface area contributed by atoms with Crippen LogP contribution in [0.4, 0.5) is 0 Å². The van der Waals surface area contributed by atoms with Crippen LogP contribution in [0.15, 0.2) is 22.2 Å². The number of ether oxygens (including phenoxy) is 2. The summed E-state index contributed by atoms with van der Waals surface area (Å²) in [5, 5.41) is 0. The van der Waals surface area contributed by atoms with Gasteiger partial charge >= 0.3 is 0 Å². The first-order valence-electron chi connectivity index (χ1n) is 4.18. The minimum absolute atomic E-state index is 0.142. The predicted octanol–water partition coefficient (Wildman–Crippen LogP) is 2.89. The lowest BCUT2D eigenvalue weighted by Gasteiger charge is -2.05. The fourth-order valence-electron chi connectivity index (χ4n) is 0.817. The quantitative estimate of drug-likeness (QED) is 0.697. The Morgan fingerprint density at radius 3 is 2.54 bits per heavy atom. The molecule has 2 nitrogen and oxygen atoms in total. The van der Waals surface area contributed by atoms with Gasteiger partial charge in [0.05, 0.1) is 12.7 Å². The normalized spacial score (nSPS) is 16.1. The summed E-state index contributed by atoms with van der Waals surface area (Å²) in [6.07, 6.45) is 4.17. The van der Waals surface area contributed by atoms with Crippen LogP contribution in [-0.2, 0) is 9.47 Å². The van der Waals surface area contributed by atoms with Crippen molar-refractivity contribution in [3.63, 3.8) is 0 Å². The van der Waals surface area contributed by atoms with Crippen LogP contribution in [-0.4, -0.2) is 26.9 Å². The second-order valence-electron chi connectivity index (χ2n) is 2.80. The lowest BCUT2D eigenvalue weighted by atomic mass is 10.2. The summed E-state index contributed by atoms with van der Waals surface area (Å²) in [5.41, 5.74) is 1.16. The summed E-state index contributed by atoms with van der Waals surface area (Å²) in [7, 11) is 3.37. The third kappa shape index (κ3) is 6.02. The lowest BCUT2D eigenvalue weighted by molar-refractivity contribution is 0.156. The van der Waals surface area contributed by atoms with Gasteiger partial charge in [-0.25, -0.2) is 0 Å². The van der Waals surface area contributed by atoms with Crippen LogP contribution in [0.5, 0.6) is 0 Å². The zero-order valence-electron chi connectivity index (χ0n) is 8.63. The van der Waals surface area contributed by atoms with Gasteiger partial charge in [-0.2, -0.15) is 0 Å². The summed E-state index contributed by atoms with van der Waals surface area (Å²) in [6.45, 7) is 4.65. The van der Waals surface area contributed by atoms with E-state index in [1.807, 2.05) is 19.9 Å². The van der Waals surface area contributed by atoms with Crippen LogP contribution in [0.25, 0.3) is 0 Å². The van der Waals surface area contributed by atoms with Gasteiger partial charge in [-0.15, -0.1) is 0 Å². The average Bonchev–Trinajstić information content (AvgIpc) is 2.13. The Morgan fingerprint density at radius 2 is 2.08 bits per heavy atom. The number of halogens is 1. The van der Waals surface area contributed by atoms with Crippen molar-refractivity contribution in [1.82, 2.24) is 0 Å². The molecule has 0 aromatic heterocycles. The molecule has 0 aliphatic heterocycles. The number of rotatable bonds is 5. The van der Waals surface area contributed by atoms with E-state index >= 15 is 0 Å². The number of methoxy groups -OCH3 is 2. The van der Waals surface area contributed by atoms with Crippen molar-refractivity contribution in [3.05, 3.63) is 22.2 Å². The first-order chi connectivity index (χ1) is 6.11. The fourth-order valence-corrected chi connectivity index (χ4v) is 1.08. The Kier molecular flexibility index (Phi) is 7.23. The van der Waals surface area contributed by atoms with Crippen LogP contribution >= 0.6 is 15.9 Å². The van der Waals surface area contributed by atoms with Gasteiger partial charge in [0, 0.05) is 18.7 Å². The topological polar surface area (TPSA) is 18.5 Å². The Bertz CT molecular complexity index is 197. The van der Waals surface area contributed by atoms with Crippen molar-refractivity contribution < 1.29 is 9.47 Å². The molecule has 0 fully saturated rings. The Morgan fingerprint density at radius 1 is 1.46 bits per heavy atom. The molecule has 0 spiro atoms. The van der Waals surface area contributed by atoms with E-state index in [1.165, 1.54) is 0 Å². The SMILES string of the molecule is COC/C=C(Br)\C(C)=C/C(C)OC. The maximum Gasteiger partial charge on any atom is 0.0729 e. The zero-order chi connectivity index (χ0) is 10.3. The molecule has 0 aliphatic carbocycles.